The van der Waals surface area contributed by atoms with Crippen LogP contribution in [0.25, 0.3) is 0 Å². The molecule has 4 bridgehead atoms. The number of rotatable bonds is 5. The third-order valence-electron chi connectivity index (χ3n) is 8.83. The van der Waals surface area contributed by atoms with Gasteiger partial charge in [0.2, 0.25) is 5.91 Å². The van der Waals surface area contributed by atoms with Gasteiger partial charge < -0.3 is 10.2 Å². The summed E-state index contributed by atoms with van der Waals surface area (Å²) in [6.45, 7) is 4.14. The Morgan fingerprint density at radius 2 is 1.76 bits per heavy atom. The highest BCUT2D eigenvalue weighted by Crippen LogP contribution is 2.62. The van der Waals surface area contributed by atoms with E-state index in [0.29, 0.717) is 18.4 Å². The lowest BCUT2D eigenvalue weighted by atomic mass is 9.45. The van der Waals surface area contributed by atoms with Crippen LogP contribution in [-0.2, 0) is 10.2 Å². The smallest absolute Gasteiger partial charge is 0.234 e. The molecule has 1 N–H and O–H groups in total. The van der Waals surface area contributed by atoms with E-state index < -0.39 is 0 Å². The number of hydrogen-bond acceptors (Lipinski definition) is 4. The van der Waals surface area contributed by atoms with Crippen molar-refractivity contribution < 1.29 is 9.18 Å². The van der Waals surface area contributed by atoms with Crippen molar-refractivity contribution in [3.63, 3.8) is 0 Å². The van der Waals surface area contributed by atoms with Gasteiger partial charge in [0, 0.05) is 37.9 Å². The van der Waals surface area contributed by atoms with E-state index in [0.717, 1.165) is 64.1 Å². The molecule has 2 atom stereocenters. The number of benzene rings is 1. The highest BCUT2D eigenvalue weighted by Gasteiger charge is 2.58. The highest BCUT2D eigenvalue weighted by molar-refractivity contribution is 5.79. The summed E-state index contributed by atoms with van der Waals surface area (Å²) in [6, 6.07) is 7.19. The summed E-state index contributed by atoms with van der Waals surface area (Å²) in [5, 5.41) is 3.55. The number of amides is 1. The molecule has 0 spiro atoms. The summed E-state index contributed by atoms with van der Waals surface area (Å²) in [4.78, 5) is 22.4. The molecule has 1 amide bonds. The number of piperazine rings is 1. The molecule has 4 saturated carbocycles. The van der Waals surface area contributed by atoms with Crippen LogP contribution in [0.15, 0.2) is 41.2 Å². The molecular formula is C27H35FN4O. The van der Waals surface area contributed by atoms with Gasteiger partial charge in [0.1, 0.15) is 11.6 Å². The van der Waals surface area contributed by atoms with Gasteiger partial charge in [-0.25, -0.2) is 9.38 Å². The van der Waals surface area contributed by atoms with Crippen molar-refractivity contribution in [1.29, 1.82) is 0 Å². The molecule has 2 unspecified atom stereocenters. The van der Waals surface area contributed by atoms with E-state index in [1.54, 1.807) is 12.1 Å². The molecule has 1 saturated heterocycles. The topological polar surface area (TPSA) is 47.9 Å². The first-order valence-corrected chi connectivity index (χ1v) is 12.8. The first-order chi connectivity index (χ1) is 16.0. The predicted octanol–water partition coefficient (Wildman–Crippen LogP) is 3.86. The molecule has 6 heteroatoms. The molecule has 4 aliphatic carbocycles. The summed E-state index contributed by atoms with van der Waals surface area (Å²) in [7, 11) is 0. The summed E-state index contributed by atoms with van der Waals surface area (Å²) in [5.74, 6) is 2.45. The number of carbonyl (C=O) groups is 1. The first kappa shape index (κ1) is 21.3. The first-order valence-electron chi connectivity index (χ1n) is 12.8. The number of nitrogens with zero attached hydrogens (tertiary/aromatic N) is 3. The Kier molecular flexibility index (Phi) is 5.32. The van der Waals surface area contributed by atoms with E-state index in [1.165, 1.54) is 24.8 Å². The molecule has 5 nitrogen and oxygen atoms in total. The van der Waals surface area contributed by atoms with Crippen LogP contribution in [0.1, 0.15) is 56.9 Å². The summed E-state index contributed by atoms with van der Waals surface area (Å²) in [5.41, 5.74) is 1.29. The van der Waals surface area contributed by atoms with Gasteiger partial charge >= 0.3 is 0 Å². The Morgan fingerprint density at radius 1 is 1.03 bits per heavy atom. The molecular weight excluding hydrogens is 415 g/mol. The Morgan fingerprint density at radius 3 is 2.42 bits per heavy atom. The fraction of sp³-hybridized carbons (Fsp3) is 0.630. The van der Waals surface area contributed by atoms with Crippen LogP contribution in [0.4, 0.5) is 4.39 Å². The fourth-order valence-electron chi connectivity index (χ4n) is 7.93. The van der Waals surface area contributed by atoms with E-state index >= 15 is 0 Å². The van der Waals surface area contributed by atoms with Gasteiger partial charge in [0.15, 0.2) is 0 Å². The molecule has 176 valence electrons. The zero-order chi connectivity index (χ0) is 22.5. The summed E-state index contributed by atoms with van der Waals surface area (Å²) >= 11 is 0. The minimum Gasteiger partial charge on any atom is -0.354 e. The molecule has 2 aliphatic heterocycles. The standard InChI is InChI=1S/C27H35FN4O/c28-23-6-4-22(5-7-23)26-14-20-13-21(15-26)17-27(16-20,19-26)30-25(33)18-31-9-11-32(12-10-31)24-3-1-2-8-29-24/h3-8,20-21H,1-2,9-19H2,(H,30,33). The van der Waals surface area contributed by atoms with Crippen molar-refractivity contribution >= 4 is 12.1 Å². The van der Waals surface area contributed by atoms with Crippen molar-refractivity contribution in [3.05, 3.63) is 47.5 Å². The lowest BCUT2D eigenvalue weighted by Crippen LogP contribution is -2.65. The van der Waals surface area contributed by atoms with Gasteiger partial charge in [-0.1, -0.05) is 12.1 Å². The Hall–Kier alpha value is -2.21. The lowest BCUT2D eigenvalue weighted by Gasteiger charge is -2.62. The van der Waals surface area contributed by atoms with E-state index in [-0.39, 0.29) is 22.7 Å². The highest BCUT2D eigenvalue weighted by atomic mass is 19.1. The SMILES string of the molecule is O=C(CN1CCN(C2=CCCC=N2)CC1)NC12CC3CC(C1)CC(c1ccc(F)cc1)(C3)C2. The second kappa shape index (κ2) is 8.23. The molecule has 7 rings (SSSR count). The zero-order valence-electron chi connectivity index (χ0n) is 19.4. The number of carbonyl (C=O) groups excluding carboxylic acids is 1. The van der Waals surface area contributed by atoms with Crippen LogP contribution >= 0.6 is 0 Å². The van der Waals surface area contributed by atoms with Crippen LogP contribution in [0, 0.1) is 17.7 Å². The normalized spacial score (nSPS) is 35.5. The Balaban J connectivity index is 1.10. The van der Waals surface area contributed by atoms with Crippen LogP contribution in [0.2, 0.25) is 0 Å². The van der Waals surface area contributed by atoms with Crippen molar-refractivity contribution in [2.24, 2.45) is 16.8 Å². The maximum Gasteiger partial charge on any atom is 0.234 e. The van der Waals surface area contributed by atoms with Gasteiger partial charge in [-0.05, 0) is 92.4 Å². The third-order valence-corrected chi connectivity index (χ3v) is 8.83. The fourth-order valence-corrected chi connectivity index (χ4v) is 7.93. The van der Waals surface area contributed by atoms with Gasteiger partial charge in [0.05, 0.1) is 6.54 Å². The van der Waals surface area contributed by atoms with Crippen LogP contribution in [-0.4, -0.2) is 60.2 Å². The number of aliphatic imine (C=N–C) groups is 1. The number of allylic oxidation sites excluding steroid dienone is 1. The second-order valence-electron chi connectivity index (χ2n) is 11.3. The average molecular weight is 451 g/mol. The molecule has 1 aromatic rings. The van der Waals surface area contributed by atoms with E-state index in [2.05, 4.69) is 26.2 Å². The zero-order valence-corrected chi connectivity index (χ0v) is 19.4. The monoisotopic (exact) mass is 450 g/mol. The van der Waals surface area contributed by atoms with Crippen LogP contribution < -0.4 is 5.32 Å². The van der Waals surface area contributed by atoms with Crippen LogP contribution in [0.3, 0.4) is 0 Å². The molecule has 2 heterocycles. The second-order valence-corrected chi connectivity index (χ2v) is 11.3. The van der Waals surface area contributed by atoms with Gasteiger partial charge in [-0.2, -0.15) is 0 Å². The minimum atomic E-state index is -0.168. The Labute approximate surface area is 196 Å². The quantitative estimate of drug-likeness (QED) is 0.741. The minimum absolute atomic E-state index is 0.0843. The summed E-state index contributed by atoms with van der Waals surface area (Å²) in [6.07, 6.45) is 13.2. The van der Waals surface area contributed by atoms with Crippen molar-refractivity contribution in [2.75, 3.05) is 32.7 Å². The summed E-state index contributed by atoms with van der Waals surface area (Å²) < 4.78 is 13.6. The Bertz CT molecular complexity index is 949. The number of hydrogen-bond donors (Lipinski definition) is 1. The molecule has 33 heavy (non-hydrogen) atoms. The number of nitrogens with one attached hydrogen (secondary N) is 1. The predicted molar refractivity (Wildman–Crippen MR) is 127 cm³/mol. The van der Waals surface area contributed by atoms with E-state index in [4.69, 9.17) is 0 Å². The van der Waals surface area contributed by atoms with Crippen molar-refractivity contribution in [1.82, 2.24) is 15.1 Å². The average Bonchev–Trinajstić information content (AvgIpc) is 2.79. The van der Waals surface area contributed by atoms with Gasteiger partial charge in [0.25, 0.3) is 0 Å². The molecule has 0 radical (unpaired) electrons. The van der Waals surface area contributed by atoms with Crippen LogP contribution in [0.5, 0.6) is 0 Å². The largest absolute Gasteiger partial charge is 0.354 e. The van der Waals surface area contributed by atoms with Crippen molar-refractivity contribution in [2.45, 2.75) is 62.3 Å². The molecule has 6 aliphatic rings. The maximum absolute atomic E-state index is 13.6. The molecule has 1 aromatic carbocycles. The number of halogens is 1. The van der Waals surface area contributed by atoms with E-state index in [1.807, 2.05) is 18.3 Å². The van der Waals surface area contributed by atoms with Crippen molar-refractivity contribution in [3.8, 4) is 0 Å². The van der Waals surface area contributed by atoms with Gasteiger partial charge in [-0.15, -0.1) is 0 Å². The molecule has 5 fully saturated rings. The van der Waals surface area contributed by atoms with E-state index in [9.17, 15) is 9.18 Å². The van der Waals surface area contributed by atoms with Gasteiger partial charge in [-0.3, -0.25) is 9.69 Å². The third kappa shape index (κ3) is 4.11. The lowest BCUT2D eigenvalue weighted by molar-refractivity contribution is -0.129. The molecule has 0 aromatic heterocycles. The maximum atomic E-state index is 13.6.